The smallest absolute Gasteiger partial charge is 0.308 e. The summed E-state index contributed by atoms with van der Waals surface area (Å²) in [6.07, 6.45) is 10.5. The predicted octanol–water partition coefficient (Wildman–Crippen LogP) is 5.58. The molecular formula is C23H39NO3. The molecule has 4 nitrogen and oxygen atoms in total. The van der Waals surface area contributed by atoms with Gasteiger partial charge in [-0.25, -0.2) is 0 Å². The number of rotatable bonds is 5. The van der Waals surface area contributed by atoms with E-state index in [-0.39, 0.29) is 12.8 Å². The summed E-state index contributed by atoms with van der Waals surface area (Å²) in [5.41, 5.74) is 7.46. The van der Waals surface area contributed by atoms with Crippen LogP contribution in [0.3, 0.4) is 0 Å². The van der Waals surface area contributed by atoms with Gasteiger partial charge in [0.05, 0.1) is 0 Å². The number of fused-ring (bicyclic) bond motifs is 3. The molecular weight excluding hydrogens is 338 g/mol. The maximum atomic E-state index is 11.4. The Bertz CT molecular complexity index is 544. The van der Waals surface area contributed by atoms with Gasteiger partial charge in [-0.05, 0) is 74.2 Å². The van der Waals surface area contributed by atoms with Crippen LogP contribution >= 0.6 is 0 Å². The molecule has 1 aromatic carbocycles. The Balaban J connectivity index is 0.000000665. The van der Waals surface area contributed by atoms with Crippen LogP contribution in [0.2, 0.25) is 0 Å². The topological polar surface area (TPSA) is 61.5 Å². The van der Waals surface area contributed by atoms with Crippen LogP contribution < -0.4 is 10.5 Å². The van der Waals surface area contributed by atoms with Gasteiger partial charge in [0.2, 0.25) is 6.79 Å². The molecule has 0 heterocycles. The molecule has 2 unspecified atom stereocenters. The van der Waals surface area contributed by atoms with Crippen molar-refractivity contribution >= 4 is 5.97 Å². The number of hydrogen-bond acceptors (Lipinski definition) is 4. The van der Waals surface area contributed by atoms with Crippen LogP contribution in [-0.4, -0.2) is 19.8 Å². The number of nitrogens with two attached hydrogens (primary N) is 1. The fraction of sp³-hybridized carbons (Fsp3) is 0.696. The van der Waals surface area contributed by atoms with Crippen molar-refractivity contribution in [2.24, 2.45) is 11.7 Å². The molecule has 1 aromatic rings. The van der Waals surface area contributed by atoms with E-state index in [4.69, 9.17) is 9.47 Å². The van der Waals surface area contributed by atoms with Gasteiger partial charge in [0.25, 0.3) is 0 Å². The third-order valence-corrected chi connectivity index (χ3v) is 5.11. The van der Waals surface area contributed by atoms with Gasteiger partial charge in [-0.2, -0.15) is 0 Å². The van der Waals surface area contributed by atoms with Crippen molar-refractivity contribution in [3.8, 4) is 5.75 Å². The number of carbonyl (C=O) groups excluding carboxylic acids is 1. The molecule has 0 spiro atoms. The minimum absolute atomic E-state index is 0.0196. The minimum Gasteiger partial charge on any atom is -0.457 e. The second-order valence-electron chi connectivity index (χ2n) is 7.29. The summed E-state index contributed by atoms with van der Waals surface area (Å²) in [7, 11) is 1.50. The van der Waals surface area contributed by atoms with Gasteiger partial charge in [-0.3, -0.25) is 4.79 Å². The molecule has 0 aliphatic heterocycles. The zero-order valence-corrected chi connectivity index (χ0v) is 17.8. The largest absolute Gasteiger partial charge is 0.457 e. The quantitative estimate of drug-likeness (QED) is 0.537. The number of esters is 1. The van der Waals surface area contributed by atoms with E-state index in [0.717, 1.165) is 18.1 Å². The van der Waals surface area contributed by atoms with Gasteiger partial charge >= 0.3 is 5.97 Å². The number of ether oxygens (including phenoxy) is 2. The molecule has 0 bridgehead atoms. The van der Waals surface area contributed by atoms with Crippen molar-refractivity contribution in [3.05, 3.63) is 29.3 Å². The summed E-state index contributed by atoms with van der Waals surface area (Å²) in [6, 6.07) is 6.39. The molecule has 0 amide bonds. The average molecular weight is 378 g/mol. The monoisotopic (exact) mass is 377 g/mol. The van der Waals surface area contributed by atoms with Crippen molar-refractivity contribution in [1.29, 1.82) is 0 Å². The Hall–Kier alpha value is -1.55. The summed E-state index contributed by atoms with van der Waals surface area (Å²) in [4.78, 5) is 11.4. The molecule has 1 fully saturated rings. The number of carbonyl (C=O) groups is 1. The fourth-order valence-corrected chi connectivity index (χ4v) is 3.98. The highest BCUT2D eigenvalue weighted by atomic mass is 16.7. The third kappa shape index (κ3) is 7.53. The maximum Gasteiger partial charge on any atom is 0.308 e. The zero-order valence-electron chi connectivity index (χ0n) is 17.8. The zero-order chi connectivity index (χ0) is 20.1. The van der Waals surface area contributed by atoms with Gasteiger partial charge in [0.1, 0.15) is 5.75 Å². The summed E-state index contributed by atoms with van der Waals surface area (Å²) >= 11 is 0. The van der Waals surface area contributed by atoms with Crippen LogP contribution in [0, 0.1) is 5.92 Å². The summed E-state index contributed by atoms with van der Waals surface area (Å²) in [6.45, 7) is 6.23. The molecule has 154 valence electrons. The molecule has 2 aliphatic carbocycles. The first-order valence-electron chi connectivity index (χ1n) is 10.7. The highest BCUT2D eigenvalue weighted by molar-refractivity contribution is 5.69. The SMILES string of the molecule is CCC.CCCC(=O)OCOc1ccc2c(c1)C1CCCCC1CC2.CN. The normalized spacial score (nSPS) is 19.9. The first-order valence-corrected chi connectivity index (χ1v) is 10.7. The fourth-order valence-electron chi connectivity index (χ4n) is 3.98. The molecule has 2 aliphatic rings. The Labute approximate surface area is 165 Å². The van der Waals surface area contributed by atoms with Gasteiger partial charge in [0, 0.05) is 6.42 Å². The lowest BCUT2D eigenvalue weighted by atomic mass is 9.68. The first kappa shape index (κ1) is 23.5. The Kier molecular flexibility index (Phi) is 11.8. The van der Waals surface area contributed by atoms with E-state index >= 15 is 0 Å². The molecule has 2 N–H and O–H groups in total. The highest BCUT2D eigenvalue weighted by Crippen LogP contribution is 2.45. The summed E-state index contributed by atoms with van der Waals surface area (Å²) in [5.74, 6) is 2.21. The van der Waals surface area contributed by atoms with Crippen LogP contribution in [0.1, 0.15) is 89.2 Å². The number of benzene rings is 1. The van der Waals surface area contributed by atoms with Crippen LogP contribution in [-0.2, 0) is 16.0 Å². The molecule has 0 aromatic heterocycles. The van der Waals surface area contributed by atoms with Crippen molar-refractivity contribution in [1.82, 2.24) is 0 Å². The van der Waals surface area contributed by atoms with Crippen molar-refractivity contribution in [2.75, 3.05) is 13.8 Å². The van der Waals surface area contributed by atoms with Crippen molar-refractivity contribution < 1.29 is 14.3 Å². The molecule has 27 heavy (non-hydrogen) atoms. The second-order valence-corrected chi connectivity index (χ2v) is 7.29. The maximum absolute atomic E-state index is 11.4. The van der Waals surface area contributed by atoms with Crippen molar-refractivity contribution in [2.45, 2.75) is 84.5 Å². The molecule has 4 heteroatoms. The molecule has 0 saturated heterocycles. The number of hydrogen-bond donors (Lipinski definition) is 1. The van der Waals surface area contributed by atoms with Gasteiger partial charge in [-0.1, -0.05) is 46.1 Å². The highest BCUT2D eigenvalue weighted by Gasteiger charge is 2.31. The van der Waals surface area contributed by atoms with Crippen LogP contribution in [0.5, 0.6) is 5.75 Å². The molecule has 3 rings (SSSR count). The van der Waals surface area contributed by atoms with E-state index in [9.17, 15) is 4.79 Å². The van der Waals surface area contributed by atoms with Crippen molar-refractivity contribution in [3.63, 3.8) is 0 Å². The molecule has 0 radical (unpaired) electrons. The Morgan fingerprint density at radius 2 is 1.81 bits per heavy atom. The van der Waals surface area contributed by atoms with E-state index < -0.39 is 0 Å². The Morgan fingerprint density at radius 3 is 2.52 bits per heavy atom. The lowest BCUT2D eigenvalue weighted by Crippen LogP contribution is -2.24. The van der Waals surface area contributed by atoms with E-state index in [0.29, 0.717) is 12.3 Å². The predicted molar refractivity (Wildman–Crippen MR) is 112 cm³/mol. The standard InChI is InChI=1S/C19H26O3.C3H8.CH5N/c1-2-5-19(20)22-13-21-16-11-10-15-9-8-14-6-3-4-7-17(14)18(15)12-16;1-3-2;1-2/h10-12,14,17H,2-9,13H2,1H3;3H2,1-2H3;2H2,1H3. The van der Waals surface area contributed by atoms with E-state index in [1.807, 2.05) is 13.0 Å². The van der Waals surface area contributed by atoms with Crippen LogP contribution in [0.15, 0.2) is 18.2 Å². The molecule has 1 saturated carbocycles. The van der Waals surface area contributed by atoms with E-state index in [1.54, 1.807) is 0 Å². The van der Waals surface area contributed by atoms with Gasteiger partial charge in [0.15, 0.2) is 0 Å². The first-order chi connectivity index (χ1) is 13.2. The van der Waals surface area contributed by atoms with Crippen LogP contribution in [0.4, 0.5) is 0 Å². The Morgan fingerprint density at radius 1 is 1.11 bits per heavy atom. The number of aryl methyl sites for hydroxylation is 1. The lowest BCUT2D eigenvalue weighted by Gasteiger charge is -2.37. The third-order valence-electron chi connectivity index (χ3n) is 5.11. The van der Waals surface area contributed by atoms with E-state index in [1.165, 1.54) is 63.1 Å². The molecule has 2 atom stereocenters. The minimum atomic E-state index is -0.187. The van der Waals surface area contributed by atoms with Crippen LogP contribution in [0.25, 0.3) is 0 Å². The summed E-state index contributed by atoms with van der Waals surface area (Å²) < 4.78 is 10.7. The average Bonchev–Trinajstić information content (AvgIpc) is 2.70. The van der Waals surface area contributed by atoms with Gasteiger partial charge in [-0.15, -0.1) is 0 Å². The van der Waals surface area contributed by atoms with Gasteiger partial charge < -0.3 is 15.2 Å². The van der Waals surface area contributed by atoms with E-state index in [2.05, 4.69) is 31.7 Å². The lowest BCUT2D eigenvalue weighted by molar-refractivity contribution is -0.150. The summed E-state index contributed by atoms with van der Waals surface area (Å²) in [5, 5.41) is 0. The second kappa shape index (κ2) is 13.6.